The highest BCUT2D eigenvalue weighted by Crippen LogP contribution is 2.30. The number of likely N-dealkylation sites (tertiary alicyclic amines) is 1. The number of piperidine rings is 1. The lowest BCUT2D eigenvalue weighted by atomic mass is 10.1. The van der Waals surface area contributed by atoms with Gasteiger partial charge in [-0.1, -0.05) is 6.42 Å². The Labute approximate surface area is 166 Å². The van der Waals surface area contributed by atoms with E-state index in [1.165, 1.54) is 19.3 Å². The molecular formula is C21H30N4O3. The second kappa shape index (κ2) is 10.0. The number of ether oxygens (including phenoxy) is 2. The lowest BCUT2D eigenvalue weighted by Gasteiger charge is -2.33. The summed E-state index contributed by atoms with van der Waals surface area (Å²) in [7, 11) is 5.01. The molecule has 0 spiro atoms. The normalized spacial score (nSPS) is 16.5. The van der Waals surface area contributed by atoms with Crippen LogP contribution in [0.15, 0.2) is 46.0 Å². The standard InChI is InChI=1S/C21H30N4O3/c1-22-21(24-16-9-10-19(26-2)20(14-16)27-3)23-15-17(18-8-7-13-28-18)25-11-5-4-6-12-25/h7-10,13-14,17H,4-6,11-12,15H2,1-3H3,(H2,22,23,24). The van der Waals surface area contributed by atoms with E-state index in [-0.39, 0.29) is 6.04 Å². The molecule has 0 radical (unpaired) electrons. The van der Waals surface area contributed by atoms with Gasteiger partial charge in [0.15, 0.2) is 17.5 Å². The molecule has 2 heterocycles. The fourth-order valence-corrected chi connectivity index (χ4v) is 3.54. The van der Waals surface area contributed by atoms with E-state index in [0.717, 1.165) is 24.5 Å². The van der Waals surface area contributed by atoms with Crippen LogP contribution >= 0.6 is 0 Å². The Hall–Kier alpha value is -2.67. The Morgan fingerprint density at radius 1 is 1.14 bits per heavy atom. The lowest BCUT2D eigenvalue weighted by Crippen LogP contribution is -2.42. The minimum Gasteiger partial charge on any atom is -0.493 e. The molecule has 7 heteroatoms. The molecule has 1 fully saturated rings. The summed E-state index contributed by atoms with van der Waals surface area (Å²) in [6, 6.07) is 9.87. The number of furan rings is 1. The van der Waals surface area contributed by atoms with E-state index in [1.54, 1.807) is 27.5 Å². The van der Waals surface area contributed by atoms with Gasteiger partial charge in [-0.25, -0.2) is 0 Å². The van der Waals surface area contributed by atoms with Gasteiger partial charge in [-0.3, -0.25) is 9.89 Å². The quantitative estimate of drug-likeness (QED) is 0.560. The average Bonchev–Trinajstić information content (AvgIpc) is 3.28. The van der Waals surface area contributed by atoms with Gasteiger partial charge < -0.3 is 24.5 Å². The first kappa shape index (κ1) is 20.1. The second-order valence-electron chi connectivity index (χ2n) is 6.78. The molecule has 28 heavy (non-hydrogen) atoms. The van der Waals surface area contributed by atoms with Crippen LogP contribution in [0.25, 0.3) is 0 Å². The van der Waals surface area contributed by atoms with Gasteiger partial charge in [0.25, 0.3) is 0 Å². The summed E-state index contributed by atoms with van der Waals surface area (Å²) in [5.41, 5.74) is 0.873. The van der Waals surface area contributed by atoms with Gasteiger partial charge >= 0.3 is 0 Å². The minimum atomic E-state index is 0.180. The van der Waals surface area contributed by atoms with E-state index in [9.17, 15) is 0 Å². The van der Waals surface area contributed by atoms with Crippen molar-refractivity contribution in [3.63, 3.8) is 0 Å². The molecule has 1 saturated heterocycles. The third kappa shape index (κ3) is 4.98. The summed E-state index contributed by atoms with van der Waals surface area (Å²) in [5, 5.41) is 6.75. The maximum absolute atomic E-state index is 5.72. The molecular weight excluding hydrogens is 356 g/mol. The van der Waals surface area contributed by atoms with E-state index < -0.39 is 0 Å². The molecule has 2 N–H and O–H groups in total. The van der Waals surface area contributed by atoms with Crippen molar-refractivity contribution in [2.24, 2.45) is 4.99 Å². The molecule has 3 rings (SSSR count). The maximum atomic E-state index is 5.72. The van der Waals surface area contributed by atoms with Crippen LogP contribution in [-0.2, 0) is 0 Å². The number of methoxy groups -OCH3 is 2. The van der Waals surface area contributed by atoms with Crippen molar-refractivity contribution in [1.82, 2.24) is 10.2 Å². The molecule has 1 aromatic heterocycles. The van der Waals surface area contributed by atoms with E-state index in [0.29, 0.717) is 24.0 Å². The molecule has 0 aliphatic carbocycles. The van der Waals surface area contributed by atoms with Gasteiger partial charge in [-0.15, -0.1) is 0 Å². The molecule has 2 aromatic rings. The van der Waals surface area contributed by atoms with Crippen LogP contribution in [0.1, 0.15) is 31.1 Å². The number of anilines is 1. The Balaban J connectivity index is 1.66. The molecule has 1 unspecified atom stereocenters. The third-order valence-corrected chi connectivity index (χ3v) is 5.04. The molecule has 0 bridgehead atoms. The van der Waals surface area contributed by atoms with Crippen LogP contribution in [0.3, 0.4) is 0 Å². The highest BCUT2D eigenvalue weighted by atomic mass is 16.5. The summed E-state index contributed by atoms with van der Waals surface area (Å²) in [4.78, 5) is 6.84. The van der Waals surface area contributed by atoms with Crippen molar-refractivity contribution in [3.05, 3.63) is 42.4 Å². The zero-order chi connectivity index (χ0) is 19.8. The average molecular weight is 386 g/mol. The fraction of sp³-hybridized carbons (Fsp3) is 0.476. The highest BCUT2D eigenvalue weighted by molar-refractivity contribution is 5.93. The zero-order valence-corrected chi connectivity index (χ0v) is 16.9. The predicted molar refractivity (Wildman–Crippen MR) is 111 cm³/mol. The van der Waals surface area contributed by atoms with Crippen molar-refractivity contribution < 1.29 is 13.9 Å². The van der Waals surface area contributed by atoms with Crippen molar-refractivity contribution in [2.45, 2.75) is 25.3 Å². The number of benzene rings is 1. The second-order valence-corrected chi connectivity index (χ2v) is 6.78. The zero-order valence-electron chi connectivity index (χ0n) is 16.9. The van der Waals surface area contributed by atoms with Crippen LogP contribution in [0.5, 0.6) is 11.5 Å². The molecule has 1 aliphatic rings. The topological polar surface area (TPSA) is 71.3 Å². The summed E-state index contributed by atoms with van der Waals surface area (Å²) >= 11 is 0. The lowest BCUT2D eigenvalue weighted by molar-refractivity contribution is 0.146. The van der Waals surface area contributed by atoms with E-state index in [4.69, 9.17) is 13.9 Å². The first-order chi connectivity index (χ1) is 13.7. The first-order valence-corrected chi connectivity index (χ1v) is 9.72. The maximum Gasteiger partial charge on any atom is 0.195 e. The molecule has 1 aromatic carbocycles. The van der Waals surface area contributed by atoms with Crippen molar-refractivity contribution in [3.8, 4) is 11.5 Å². The van der Waals surface area contributed by atoms with Gasteiger partial charge in [-0.05, 0) is 50.2 Å². The van der Waals surface area contributed by atoms with Crippen molar-refractivity contribution in [1.29, 1.82) is 0 Å². The van der Waals surface area contributed by atoms with E-state index in [2.05, 4.69) is 20.5 Å². The Bertz CT molecular complexity index is 755. The van der Waals surface area contributed by atoms with Crippen LogP contribution in [0.2, 0.25) is 0 Å². The monoisotopic (exact) mass is 386 g/mol. The molecule has 1 atom stereocenters. The SMILES string of the molecule is CN=C(NCC(c1ccco1)N1CCCCC1)Nc1ccc(OC)c(OC)c1. The van der Waals surface area contributed by atoms with Gasteiger partial charge in [0, 0.05) is 25.3 Å². The molecule has 0 saturated carbocycles. The molecule has 7 nitrogen and oxygen atoms in total. The van der Waals surface area contributed by atoms with E-state index in [1.807, 2.05) is 30.3 Å². The number of rotatable bonds is 7. The highest BCUT2D eigenvalue weighted by Gasteiger charge is 2.24. The Morgan fingerprint density at radius 3 is 2.57 bits per heavy atom. The number of hydrogen-bond acceptors (Lipinski definition) is 5. The summed E-state index contributed by atoms with van der Waals surface area (Å²) in [6.45, 7) is 2.89. The number of aliphatic imine (C=N–C) groups is 1. The van der Waals surface area contributed by atoms with Crippen molar-refractivity contribution in [2.75, 3.05) is 46.2 Å². The number of guanidine groups is 1. The van der Waals surface area contributed by atoms with Crippen LogP contribution in [0, 0.1) is 0 Å². The van der Waals surface area contributed by atoms with Crippen LogP contribution < -0.4 is 20.1 Å². The van der Waals surface area contributed by atoms with E-state index >= 15 is 0 Å². The number of hydrogen-bond donors (Lipinski definition) is 2. The van der Waals surface area contributed by atoms with Crippen LogP contribution in [0.4, 0.5) is 5.69 Å². The fourth-order valence-electron chi connectivity index (χ4n) is 3.54. The van der Waals surface area contributed by atoms with Gasteiger partial charge in [0.05, 0.1) is 26.5 Å². The van der Waals surface area contributed by atoms with Crippen molar-refractivity contribution >= 4 is 11.6 Å². The molecule has 0 amide bonds. The predicted octanol–water partition coefficient (Wildman–Crippen LogP) is 3.51. The Kier molecular flexibility index (Phi) is 7.19. The molecule has 1 aliphatic heterocycles. The minimum absolute atomic E-state index is 0.180. The summed E-state index contributed by atoms with van der Waals surface area (Å²) in [6.07, 6.45) is 5.51. The van der Waals surface area contributed by atoms with Crippen LogP contribution in [-0.4, -0.2) is 51.8 Å². The van der Waals surface area contributed by atoms with Gasteiger partial charge in [0.2, 0.25) is 0 Å². The third-order valence-electron chi connectivity index (χ3n) is 5.04. The first-order valence-electron chi connectivity index (χ1n) is 9.72. The van der Waals surface area contributed by atoms with Gasteiger partial charge in [-0.2, -0.15) is 0 Å². The molecule has 152 valence electrons. The number of nitrogens with one attached hydrogen (secondary N) is 2. The summed E-state index contributed by atoms with van der Waals surface area (Å²) < 4.78 is 16.4. The summed E-state index contributed by atoms with van der Waals surface area (Å²) in [5.74, 6) is 3.04. The Morgan fingerprint density at radius 2 is 1.93 bits per heavy atom. The largest absolute Gasteiger partial charge is 0.493 e. The van der Waals surface area contributed by atoms with Gasteiger partial charge in [0.1, 0.15) is 5.76 Å². The smallest absolute Gasteiger partial charge is 0.195 e. The number of nitrogens with zero attached hydrogens (tertiary/aromatic N) is 2.